The lowest BCUT2D eigenvalue weighted by molar-refractivity contribution is 0.310. The van der Waals surface area contributed by atoms with E-state index in [1.54, 1.807) is 18.5 Å². The number of hydrogen-bond acceptors (Lipinski definition) is 5. The fourth-order valence-electron chi connectivity index (χ4n) is 1.87. The van der Waals surface area contributed by atoms with Crippen LogP contribution in [-0.2, 0) is 13.6 Å². The molecule has 0 spiro atoms. The maximum Gasteiger partial charge on any atom is 0.330 e. The zero-order valence-corrected chi connectivity index (χ0v) is 10.2. The minimum Gasteiger partial charge on any atom is -0.395 e. The Labute approximate surface area is 102 Å². The van der Waals surface area contributed by atoms with E-state index in [2.05, 4.69) is 15.3 Å². The molecule has 0 amide bonds. The van der Waals surface area contributed by atoms with E-state index in [9.17, 15) is 9.59 Å². The first kappa shape index (κ1) is 12.4. The first-order valence-electron chi connectivity index (χ1n) is 5.64. The second-order valence-electron chi connectivity index (χ2n) is 3.82. The topological polar surface area (TPSA) is 105 Å². The Morgan fingerprint density at radius 2 is 2.17 bits per heavy atom. The minimum atomic E-state index is -0.471. The molecule has 98 valence electrons. The van der Waals surface area contributed by atoms with Gasteiger partial charge in [0.1, 0.15) is 0 Å². The van der Waals surface area contributed by atoms with Gasteiger partial charge < -0.3 is 15.0 Å². The van der Waals surface area contributed by atoms with Gasteiger partial charge in [0, 0.05) is 20.1 Å². The first-order valence-corrected chi connectivity index (χ1v) is 5.64. The van der Waals surface area contributed by atoms with E-state index in [-0.39, 0.29) is 6.61 Å². The highest BCUT2D eigenvalue weighted by molar-refractivity contribution is 5.73. The number of aryl methyl sites for hydroxylation is 2. The molecule has 0 radical (unpaired) electrons. The van der Waals surface area contributed by atoms with Crippen molar-refractivity contribution in [2.24, 2.45) is 7.05 Å². The van der Waals surface area contributed by atoms with Gasteiger partial charge in [-0.15, -0.1) is 0 Å². The van der Waals surface area contributed by atoms with Crippen molar-refractivity contribution < 1.29 is 5.11 Å². The van der Waals surface area contributed by atoms with Gasteiger partial charge in [-0.2, -0.15) is 4.98 Å². The number of nitrogens with one attached hydrogen (secondary N) is 2. The first-order chi connectivity index (χ1) is 8.60. The third-order valence-corrected chi connectivity index (χ3v) is 2.72. The van der Waals surface area contributed by atoms with Crippen LogP contribution in [0.3, 0.4) is 0 Å². The van der Waals surface area contributed by atoms with Crippen molar-refractivity contribution in [2.45, 2.75) is 13.5 Å². The predicted molar refractivity (Wildman–Crippen MR) is 66.8 cm³/mol. The third-order valence-electron chi connectivity index (χ3n) is 2.72. The molecule has 3 N–H and O–H groups in total. The number of aliphatic hydroxyl groups excluding tert-OH is 1. The summed E-state index contributed by atoms with van der Waals surface area (Å²) in [6.07, 6.45) is 0. The van der Waals surface area contributed by atoms with Gasteiger partial charge in [0.15, 0.2) is 11.2 Å². The van der Waals surface area contributed by atoms with Crippen LogP contribution in [0, 0.1) is 0 Å². The molecule has 2 heterocycles. The molecule has 0 fully saturated rings. The zero-order valence-electron chi connectivity index (χ0n) is 10.2. The summed E-state index contributed by atoms with van der Waals surface area (Å²) in [5.74, 6) is 0.442. The quantitative estimate of drug-likeness (QED) is 0.638. The molecule has 0 atom stereocenters. The van der Waals surface area contributed by atoms with Crippen LogP contribution in [0.25, 0.3) is 11.2 Å². The van der Waals surface area contributed by atoms with Gasteiger partial charge >= 0.3 is 5.69 Å². The Bertz CT molecular complexity index is 681. The van der Waals surface area contributed by atoms with Crippen molar-refractivity contribution in [1.82, 2.24) is 19.1 Å². The zero-order chi connectivity index (χ0) is 13.3. The van der Waals surface area contributed by atoms with Crippen LogP contribution >= 0.6 is 0 Å². The average molecular weight is 253 g/mol. The number of rotatable bonds is 4. The van der Waals surface area contributed by atoms with E-state index in [1.807, 2.05) is 0 Å². The molecule has 0 saturated heterocycles. The van der Waals surface area contributed by atoms with Crippen LogP contribution in [0.4, 0.5) is 5.95 Å². The highest BCUT2D eigenvalue weighted by Crippen LogP contribution is 2.12. The Morgan fingerprint density at radius 3 is 2.78 bits per heavy atom. The van der Waals surface area contributed by atoms with Crippen LogP contribution in [0.2, 0.25) is 0 Å². The van der Waals surface area contributed by atoms with Gasteiger partial charge in [0.2, 0.25) is 5.95 Å². The highest BCUT2D eigenvalue weighted by Gasteiger charge is 2.15. The summed E-state index contributed by atoms with van der Waals surface area (Å²) in [6.45, 7) is 2.50. The third kappa shape index (κ3) is 1.80. The van der Waals surface area contributed by atoms with Crippen molar-refractivity contribution >= 4 is 17.1 Å². The van der Waals surface area contributed by atoms with Gasteiger partial charge in [0.05, 0.1) is 6.61 Å². The molecule has 0 aromatic carbocycles. The number of H-pyrrole nitrogens is 1. The normalized spacial score (nSPS) is 11.1. The summed E-state index contributed by atoms with van der Waals surface area (Å²) in [7, 11) is 1.68. The molecular formula is C10H15N5O3. The SMILES string of the molecule is CCn1c(=O)[nH]c(=O)c2c1nc(NCCO)n2C. The molecule has 0 saturated carbocycles. The Morgan fingerprint density at radius 1 is 1.44 bits per heavy atom. The summed E-state index contributed by atoms with van der Waals surface area (Å²) in [5.41, 5.74) is -0.264. The molecule has 0 aliphatic rings. The summed E-state index contributed by atoms with van der Waals surface area (Å²) >= 11 is 0. The van der Waals surface area contributed by atoms with E-state index in [0.717, 1.165) is 0 Å². The Balaban J connectivity index is 2.74. The van der Waals surface area contributed by atoms with Gasteiger partial charge in [0.25, 0.3) is 5.56 Å². The number of aliphatic hydroxyl groups is 1. The highest BCUT2D eigenvalue weighted by atomic mass is 16.3. The molecule has 8 nitrogen and oxygen atoms in total. The summed E-state index contributed by atoms with van der Waals surface area (Å²) in [4.78, 5) is 29.9. The fraction of sp³-hybridized carbons (Fsp3) is 0.500. The van der Waals surface area contributed by atoms with Crippen LogP contribution in [0.15, 0.2) is 9.59 Å². The van der Waals surface area contributed by atoms with E-state index < -0.39 is 11.2 Å². The molecule has 18 heavy (non-hydrogen) atoms. The summed E-state index contributed by atoms with van der Waals surface area (Å²) < 4.78 is 2.95. The molecule has 2 rings (SSSR count). The number of fused-ring (bicyclic) bond motifs is 1. The lowest BCUT2D eigenvalue weighted by Crippen LogP contribution is -2.30. The molecule has 2 aromatic heterocycles. The van der Waals surface area contributed by atoms with E-state index in [0.29, 0.717) is 30.2 Å². The van der Waals surface area contributed by atoms with Crippen molar-refractivity contribution in [2.75, 3.05) is 18.5 Å². The monoisotopic (exact) mass is 253 g/mol. The van der Waals surface area contributed by atoms with Crippen molar-refractivity contribution in [3.63, 3.8) is 0 Å². The van der Waals surface area contributed by atoms with E-state index >= 15 is 0 Å². The largest absolute Gasteiger partial charge is 0.395 e. The molecule has 0 aliphatic carbocycles. The maximum atomic E-state index is 11.8. The van der Waals surface area contributed by atoms with Crippen molar-refractivity contribution in [1.29, 1.82) is 0 Å². The number of aromatic amines is 1. The molecule has 0 aliphatic heterocycles. The molecule has 2 aromatic rings. The summed E-state index contributed by atoms with van der Waals surface area (Å²) in [6, 6.07) is 0. The van der Waals surface area contributed by atoms with Crippen LogP contribution < -0.4 is 16.6 Å². The smallest absolute Gasteiger partial charge is 0.330 e. The van der Waals surface area contributed by atoms with Gasteiger partial charge in [-0.05, 0) is 6.92 Å². The lowest BCUT2D eigenvalue weighted by atomic mass is 10.5. The predicted octanol–water partition coefficient (Wildman–Crippen LogP) is -1.15. The van der Waals surface area contributed by atoms with Crippen LogP contribution in [0.1, 0.15) is 6.92 Å². The standard InChI is InChI=1S/C10H15N5O3/c1-3-15-7-6(8(17)13-10(15)18)14(2)9(12-7)11-4-5-16/h16H,3-5H2,1-2H3,(H,11,12)(H,13,17,18). The van der Waals surface area contributed by atoms with Crippen LogP contribution in [0.5, 0.6) is 0 Å². The fourth-order valence-corrected chi connectivity index (χ4v) is 1.87. The van der Waals surface area contributed by atoms with Crippen molar-refractivity contribution in [3.05, 3.63) is 20.8 Å². The van der Waals surface area contributed by atoms with E-state index in [4.69, 9.17) is 5.11 Å². The van der Waals surface area contributed by atoms with Gasteiger partial charge in [-0.3, -0.25) is 14.3 Å². The number of anilines is 1. The Kier molecular flexibility index (Phi) is 3.19. The van der Waals surface area contributed by atoms with Gasteiger partial charge in [-0.25, -0.2) is 4.79 Å². The minimum absolute atomic E-state index is 0.0415. The molecular weight excluding hydrogens is 238 g/mol. The maximum absolute atomic E-state index is 11.8. The van der Waals surface area contributed by atoms with Gasteiger partial charge in [-0.1, -0.05) is 0 Å². The number of nitrogens with zero attached hydrogens (tertiary/aromatic N) is 3. The van der Waals surface area contributed by atoms with Crippen LogP contribution in [-0.4, -0.2) is 37.4 Å². The average Bonchev–Trinajstić information content (AvgIpc) is 2.65. The molecule has 0 bridgehead atoms. The molecule has 0 unspecified atom stereocenters. The summed E-state index contributed by atoms with van der Waals surface area (Å²) in [5, 5.41) is 11.7. The lowest BCUT2D eigenvalue weighted by Gasteiger charge is -2.02. The van der Waals surface area contributed by atoms with E-state index in [1.165, 1.54) is 4.57 Å². The molecule has 8 heteroatoms. The van der Waals surface area contributed by atoms with Crippen molar-refractivity contribution in [3.8, 4) is 0 Å². The number of aromatic nitrogens is 4. The number of hydrogen-bond donors (Lipinski definition) is 3. The Hall–Kier alpha value is -2.09. The number of imidazole rings is 1. The second kappa shape index (κ2) is 4.65. The second-order valence-corrected chi connectivity index (χ2v) is 3.82.